The van der Waals surface area contributed by atoms with Gasteiger partial charge in [0.25, 0.3) is 5.91 Å². The fourth-order valence-electron chi connectivity index (χ4n) is 4.03. The van der Waals surface area contributed by atoms with E-state index in [0.717, 1.165) is 55.2 Å². The zero-order valence-corrected chi connectivity index (χ0v) is 20.7. The Morgan fingerprint density at radius 1 is 1.18 bits per heavy atom. The first kappa shape index (κ1) is 24.3. The summed E-state index contributed by atoms with van der Waals surface area (Å²) in [6, 6.07) is 11.2. The van der Waals surface area contributed by atoms with Gasteiger partial charge >= 0.3 is 0 Å². The number of rotatable bonds is 10. The number of ether oxygens (including phenoxy) is 4. The lowest BCUT2D eigenvalue weighted by atomic mass is 10.1. The monoisotopic (exact) mass is 485 g/mol. The number of hydrogen-bond donors (Lipinski definition) is 0. The summed E-state index contributed by atoms with van der Waals surface area (Å²) in [5.41, 5.74) is 1.29. The van der Waals surface area contributed by atoms with Crippen LogP contribution >= 0.6 is 11.3 Å². The zero-order chi connectivity index (χ0) is 23.9. The van der Waals surface area contributed by atoms with Crippen LogP contribution < -0.4 is 19.1 Å². The van der Waals surface area contributed by atoms with Gasteiger partial charge in [-0.25, -0.2) is 4.98 Å². The summed E-state index contributed by atoms with van der Waals surface area (Å²) >= 11 is 1.49. The van der Waals surface area contributed by atoms with Crippen LogP contribution in [-0.4, -0.2) is 76.0 Å². The Labute approximate surface area is 204 Å². The first-order valence-corrected chi connectivity index (χ1v) is 12.3. The van der Waals surface area contributed by atoms with Crippen molar-refractivity contribution in [1.82, 2.24) is 9.88 Å². The number of nitrogens with zero attached hydrogens (tertiary/aromatic N) is 3. The molecule has 2 aromatic carbocycles. The molecule has 1 aromatic heterocycles. The molecule has 0 saturated carbocycles. The Morgan fingerprint density at radius 3 is 2.74 bits per heavy atom. The Kier molecular flexibility index (Phi) is 8.21. The van der Waals surface area contributed by atoms with Gasteiger partial charge in [0.05, 0.1) is 49.8 Å². The molecule has 34 heavy (non-hydrogen) atoms. The van der Waals surface area contributed by atoms with Crippen molar-refractivity contribution in [2.75, 3.05) is 65.1 Å². The van der Waals surface area contributed by atoms with E-state index in [1.54, 1.807) is 37.3 Å². The van der Waals surface area contributed by atoms with E-state index in [9.17, 15) is 4.79 Å². The number of carbonyl (C=O) groups is 1. The average molecular weight is 486 g/mol. The Balaban J connectivity index is 1.64. The number of hydrogen-bond acceptors (Lipinski definition) is 8. The number of thiazole rings is 1. The molecule has 1 aliphatic heterocycles. The first-order chi connectivity index (χ1) is 16.6. The molecule has 0 radical (unpaired) electrons. The van der Waals surface area contributed by atoms with Crippen molar-refractivity contribution in [1.29, 1.82) is 0 Å². The lowest BCUT2D eigenvalue weighted by Gasteiger charge is -2.28. The summed E-state index contributed by atoms with van der Waals surface area (Å²) in [5, 5.41) is 0.653. The first-order valence-electron chi connectivity index (χ1n) is 11.5. The zero-order valence-electron chi connectivity index (χ0n) is 19.9. The van der Waals surface area contributed by atoms with Crippen molar-refractivity contribution in [3.05, 3.63) is 42.0 Å². The van der Waals surface area contributed by atoms with Gasteiger partial charge in [-0.2, -0.15) is 0 Å². The van der Waals surface area contributed by atoms with E-state index in [2.05, 4.69) is 4.90 Å². The van der Waals surface area contributed by atoms with E-state index in [0.29, 0.717) is 35.3 Å². The highest BCUT2D eigenvalue weighted by Crippen LogP contribution is 2.35. The van der Waals surface area contributed by atoms with Crippen molar-refractivity contribution >= 4 is 32.6 Å². The van der Waals surface area contributed by atoms with Crippen molar-refractivity contribution in [2.24, 2.45) is 0 Å². The summed E-state index contributed by atoms with van der Waals surface area (Å²) in [4.78, 5) is 22.7. The molecule has 0 unspecified atom stereocenters. The highest BCUT2D eigenvalue weighted by atomic mass is 32.1. The second-order valence-electron chi connectivity index (χ2n) is 7.86. The third kappa shape index (κ3) is 5.43. The van der Waals surface area contributed by atoms with Gasteiger partial charge in [0.2, 0.25) is 0 Å². The number of anilines is 1. The van der Waals surface area contributed by atoms with Gasteiger partial charge in [0.1, 0.15) is 5.75 Å². The second kappa shape index (κ2) is 11.5. The van der Waals surface area contributed by atoms with Gasteiger partial charge in [0, 0.05) is 26.2 Å². The minimum absolute atomic E-state index is 0.165. The predicted octanol–water partition coefficient (Wildman–Crippen LogP) is 4.08. The van der Waals surface area contributed by atoms with Crippen LogP contribution in [-0.2, 0) is 4.74 Å². The number of amides is 1. The molecular formula is C25H31N3O5S. The van der Waals surface area contributed by atoms with E-state index in [1.807, 2.05) is 25.1 Å². The second-order valence-corrected chi connectivity index (χ2v) is 8.87. The van der Waals surface area contributed by atoms with Gasteiger partial charge < -0.3 is 18.9 Å². The maximum Gasteiger partial charge on any atom is 0.263 e. The summed E-state index contributed by atoms with van der Waals surface area (Å²) in [5.74, 6) is 1.58. The lowest BCUT2D eigenvalue weighted by Crippen LogP contribution is -2.39. The molecule has 2 heterocycles. The number of fused-ring (bicyclic) bond motifs is 1. The number of para-hydroxylation sites is 1. The van der Waals surface area contributed by atoms with Crippen LogP contribution in [0.25, 0.3) is 10.2 Å². The Hall–Kier alpha value is -2.88. The average Bonchev–Trinajstić information content (AvgIpc) is 3.29. The number of aromatic nitrogens is 1. The fraction of sp³-hybridized carbons (Fsp3) is 0.440. The molecule has 1 fully saturated rings. The summed E-state index contributed by atoms with van der Waals surface area (Å²) in [6.07, 6.45) is 0.818. The van der Waals surface area contributed by atoms with Gasteiger partial charge in [-0.05, 0) is 43.7 Å². The summed E-state index contributed by atoms with van der Waals surface area (Å²) in [7, 11) is 3.11. The van der Waals surface area contributed by atoms with Crippen LogP contribution in [0, 0.1) is 0 Å². The highest BCUT2D eigenvalue weighted by molar-refractivity contribution is 7.22. The topological polar surface area (TPSA) is 73.4 Å². The van der Waals surface area contributed by atoms with Crippen LogP contribution in [0.5, 0.6) is 17.2 Å². The van der Waals surface area contributed by atoms with Gasteiger partial charge in [0.15, 0.2) is 16.6 Å². The van der Waals surface area contributed by atoms with Crippen LogP contribution in [0.2, 0.25) is 0 Å². The van der Waals surface area contributed by atoms with Crippen LogP contribution in [0.4, 0.5) is 5.13 Å². The SMILES string of the molecule is CCOc1ccc2nc(N(CCCN3CCOCC3)C(=O)c3cccc(OC)c3OC)sc2c1. The minimum Gasteiger partial charge on any atom is -0.494 e. The van der Waals surface area contributed by atoms with Crippen molar-refractivity contribution in [2.45, 2.75) is 13.3 Å². The van der Waals surface area contributed by atoms with Gasteiger partial charge in [-0.1, -0.05) is 17.4 Å². The maximum absolute atomic E-state index is 13.8. The van der Waals surface area contributed by atoms with Gasteiger partial charge in [-0.3, -0.25) is 14.6 Å². The lowest BCUT2D eigenvalue weighted by molar-refractivity contribution is 0.0376. The molecule has 8 nitrogen and oxygen atoms in total. The molecule has 0 atom stereocenters. The molecule has 3 aromatic rings. The number of benzene rings is 2. The predicted molar refractivity (Wildman–Crippen MR) is 134 cm³/mol. The number of morpholine rings is 1. The smallest absolute Gasteiger partial charge is 0.263 e. The molecule has 0 spiro atoms. The fourth-order valence-corrected chi connectivity index (χ4v) is 5.05. The van der Waals surface area contributed by atoms with Crippen molar-refractivity contribution < 1.29 is 23.7 Å². The molecule has 1 amide bonds. The number of carbonyl (C=O) groups excluding carboxylic acids is 1. The molecule has 182 valence electrons. The van der Waals surface area contributed by atoms with E-state index < -0.39 is 0 Å². The van der Waals surface area contributed by atoms with Crippen molar-refractivity contribution in [3.63, 3.8) is 0 Å². The Bertz CT molecular complexity index is 1110. The quantitative estimate of drug-likeness (QED) is 0.428. The molecule has 0 N–H and O–H groups in total. The third-order valence-electron chi connectivity index (χ3n) is 5.73. The van der Waals surface area contributed by atoms with E-state index in [1.165, 1.54) is 11.3 Å². The largest absolute Gasteiger partial charge is 0.494 e. The van der Waals surface area contributed by atoms with Crippen molar-refractivity contribution in [3.8, 4) is 17.2 Å². The van der Waals surface area contributed by atoms with E-state index in [-0.39, 0.29) is 5.91 Å². The van der Waals surface area contributed by atoms with Crippen LogP contribution in [0.1, 0.15) is 23.7 Å². The summed E-state index contributed by atoms with van der Waals surface area (Å²) in [6.45, 7) is 7.32. The minimum atomic E-state index is -0.165. The molecule has 0 bridgehead atoms. The summed E-state index contributed by atoms with van der Waals surface area (Å²) < 4.78 is 23.0. The molecule has 1 saturated heterocycles. The maximum atomic E-state index is 13.8. The number of methoxy groups -OCH3 is 2. The normalized spacial score (nSPS) is 14.2. The van der Waals surface area contributed by atoms with Crippen LogP contribution in [0.3, 0.4) is 0 Å². The van der Waals surface area contributed by atoms with Gasteiger partial charge in [-0.15, -0.1) is 0 Å². The molecule has 9 heteroatoms. The Morgan fingerprint density at radius 2 is 2.00 bits per heavy atom. The molecule has 1 aliphatic rings. The van der Waals surface area contributed by atoms with E-state index in [4.69, 9.17) is 23.9 Å². The standard InChI is InChI=1S/C25H31N3O5S/c1-4-33-18-9-10-20-22(17-18)34-25(26-20)28(12-6-11-27-13-15-32-16-14-27)24(29)19-7-5-8-21(30-2)23(19)31-3/h5,7-10,17H,4,6,11-16H2,1-3H3. The molecule has 0 aliphatic carbocycles. The molecule has 4 rings (SSSR count). The molecular weight excluding hydrogens is 454 g/mol. The van der Waals surface area contributed by atoms with Crippen LogP contribution in [0.15, 0.2) is 36.4 Å². The van der Waals surface area contributed by atoms with E-state index >= 15 is 0 Å². The highest BCUT2D eigenvalue weighted by Gasteiger charge is 2.26. The third-order valence-corrected chi connectivity index (χ3v) is 6.77.